The predicted molar refractivity (Wildman–Crippen MR) is 34.3 cm³/mol. The van der Waals surface area contributed by atoms with Gasteiger partial charge in [0.1, 0.15) is 11.6 Å². The van der Waals surface area contributed by atoms with E-state index in [2.05, 4.69) is 4.85 Å². The maximum Gasteiger partial charge on any atom is 0.193 e. The molecule has 0 aliphatic heterocycles. The Bertz CT molecular complexity index is 270. The van der Waals surface area contributed by atoms with E-state index in [1.54, 1.807) is 0 Å². The SMILES string of the molecule is [C-]#[N+]c1cc(O)cc(F)c1. The number of hydrogen-bond acceptors (Lipinski definition) is 1. The van der Waals surface area contributed by atoms with Gasteiger partial charge < -0.3 is 5.11 Å². The van der Waals surface area contributed by atoms with Crippen LogP contribution in [0.3, 0.4) is 0 Å². The fourth-order valence-electron chi connectivity index (χ4n) is 0.624. The summed E-state index contributed by atoms with van der Waals surface area (Å²) in [5, 5.41) is 8.74. The highest BCUT2D eigenvalue weighted by Gasteiger charge is 1.96. The zero-order valence-electron chi connectivity index (χ0n) is 5.00. The molecule has 2 nitrogen and oxygen atoms in total. The Morgan fingerprint density at radius 1 is 1.40 bits per heavy atom. The van der Waals surface area contributed by atoms with Crippen molar-refractivity contribution >= 4 is 5.69 Å². The van der Waals surface area contributed by atoms with Gasteiger partial charge in [-0.2, -0.15) is 0 Å². The Morgan fingerprint density at radius 3 is 2.60 bits per heavy atom. The lowest BCUT2D eigenvalue weighted by Gasteiger charge is -1.91. The maximum atomic E-state index is 12.3. The van der Waals surface area contributed by atoms with Gasteiger partial charge in [-0.15, -0.1) is 0 Å². The Balaban J connectivity index is 3.22. The Morgan fingerprint density at radius 2 is 2.10 bits per heavy atom. The minimum atomic E-state index is -0.592. The highest BCUT2D eigenvalue weighted by atomic mass is 19.1. The molecule has 0 aromatic heterocycles. The van der Waals surface area contributed by atoms with Crippen LogP contribution in [-0.4, -0.2) is 5.11 Å². The van der Waals surface area contributed by atoms with Crippen LogP contribution in [0.4, 0.5) is 10.1 Å². The molecular formula is C7H4FNO. The highest BCUT2D eigenvalue weighted by molar-refractivity contribution is 5.48. The molecule has 0 atom stereocenters. The normalized spacial score (nSPS) is 8.80. The molecule has 1 rings (SSSR count). The van der Waals surface area contributed by atoms with Gasteiger partial charge in [0.05, 0.1) is 6.57 Å². The van der Waals surface area contributed by atoms with E-state index in [-0.39, 0.29) is 11.4 Å². The molecule has 0 aliphatic rings. The summed E-state index contributed by atoms with van der Waals surface area (Å²) in [7, 11) is 0. The first-order valence-corrected chi connectivity index (χ1v) is 2.59. The number of aromatic hydroxyl groups is 1. The number of phenolic OH excluding ortho intramolecular Hbond substituents is 1. The molecule has 50 valence electrons. The van der Waals surface area contributed by atoms with Gasteiger partial charge in [0.25, 0.3) is 0 Å². The molecule has 0 fully saturated rings. The summed E-state index contributed by atoms with van der Waals surface area (Å²) in [5.41, 5.74) is 0.109. The van der Waals surface area contributed by atoms with E-state index < -0.39 is 5.82 Å². The molecule has 1 aromatic carbocycles. The van der Waals surface area contributed by atoms with Crippen LogP contribution in [0, 0.1) is 12.4 Å². The fraction of sp³-hybridized carbons (Fsp3) is 0. The van der Waals surface area contributed by atoms with Crippen molar-refractivity contribution in [2.45, 2.75) is 0 Å². The van der Waals surface area contributed by atoms with Crippen molar-refractivity contribution in [3.8, 4) is 5.75 Å². The molecule has 3 heteroatoms. The first-order chi connectivity index (χ1) is 4.72. The molecule has 0 bridgehead atoms. The van der Waals surface area contributed by atoms with E-state index in [0.717, 1.165) is 12.1 Å². The van der Waals surface area contributed by atoms with Crippen LogP contribution in [0.25, 0.3) is 4.85 Å². The van der Waals surface area contributed by atoms with Crippen LogP contribution < -0.4 is 0 Å². The van der Waals surface area contributed by atoms with Crippen LogP contribution in [0.2, 0.25) is 0 Å². The van der Waals surface area contributed by atoms with Crippen molar-refractivity contribution in [2.24, 2.45) is 0 Å². The van der Waals surface area contributed by atoms with Gasteiger partial charge in [-0.3, -0.25) is 0 Å². The largest absolute Gasteiger partial charge is 0.509 e. The van der Waals surface area contributed by atoms with E-state index in [9.17, 15) is 4.39 Å². The van der Waals surface area contributed by atoms with Gasteiger partial charge in [0.2, 0.25) is 0 Å². The zero-order valence-corrected chi connectivity index (χ0v) is 5.00. The molecule has 0 amide bonds. The molecule has 0 saturated heterocycles. The second-order valence-corrected chi connectivity index (χ2v) is 1.78. The minimum Gasteiger partial charge on any atom is -0.509 e. The van der Waals surface area contributed by atoms with Crippen molar-refractivity contribution < 1.29 is 9.50 Å². The second-order valence-electron chi connectivity index (χ2n) is 1.78. The van der Waals surface area contributed by atoms with Gasteiger partial charge in [-0.1, -0.05) is 0 Å². The van der Waals surface area contributed by atoms with E-state index in [0.29, 0.717) is 0 Å². The number of halogens is 1. The third-order valence-electron chi connectivity index (χ3n) is 0.996. The van der Waals surface area contributed by atoms with E-state index in [4.69, 9.17) is 11.7 Å². The average Bonchev–Trinajstić information content (AvgIpc) is 1.85. The van der Waals surface area contributed by atoms with Crippen LogP contribution in [0.15, 0.2) is 18.2 Å². The molecule has 0 heterocycles. The molecular weight excluding hydrogens is 133 g/mol. The Labute approximate surface area is 57.4 Å². The summed E-state index contributed by atoms with van der Waals surface area (Å²) >= 11 is 0. The summed E-state index contributed by atoms with van der Waals surface area (Å²) in [6.45, 7) is 6.48. The molecule has 0 radical (unpaired) electrons. The van der Waals surface area contributed by atoms with Crippen LogP contribution in [-0.2, 0) is 0 Å². The van der Waals surface area contributed by atoms with E-state index in [1.165, 1.54) is 6.07 Å². The smallest absolute Gasteiger partial charge is 0.193 e. The monoisotopic (exact) mass is 137 g/mol. The lowest BCUT2D eigenvalue weighted by atomic mass is 10.3. The second kappa shape index (κ2) is 2.36. The molecule has 1 aromatic rings. The van der Waals surface area contributed by atoms with E-state index >= 15 is 0 Å². The Hall–Kier alpha value is -1.56. The van der Waals surface area contributed by atoms with Crippen molar-refractivity contribution in [1.82, 2.24) is 0 Å². The van der Waals surface area contributed by atoms with Crippen LogP contribution >= 0.6 is 0 Å². The fourth-order valence-corrected chi connectivity index (χ4v) is 0.624. The van der Waals surface area contributed by atoms with Gasteiger partial charge in [0, 0.05) is 6.07 Å². The molecule has 10 heavy (non-hydrogen) atoms. The molecule has 1 N–H and O–H groups in total. The third kappa shape index (κ3) is 1.23. The summed E-state index contributed by atoms with van der Waals surface area (Å²) in [4.78, 5) is 2.94. The lowest BCUT2D eigenvalue weighted by Crippen LogP contribution is -1.70. The van der Waals surface area contributed by atoms with Crippen LogP contribution in [0.1, 0.15) is 0 Å². The summed E-state index contributed by atoms with van der Waals surface area (Å²) in [5.74, 6) is -0.808. The molecule has 0 unspecified atom stereocenters. The minimum absolute atomic E-state index is 0.109. The summed E-state index contributed by atoms with van der Waals surface area (Å²) in [6.07, 6.45) is 0. The van der Waals surface area contributed by atoms with Gasteiger partial charge >= 0.3 is 0 Å². The number of nitrogens with zero attached hydrogens (tertiary/aromatic N) is 1. The first kappa shape index (κ1) is 6.56. The summed E-state index contributed by atoms with van der Waals surface area (Å²) in [6, 6.07) is 3.22. The van der Waals surface area contributed by atoms with Gasteiger partial charge in [-0.25, -0.2) is 9.24 Å². The average molecular weight is 137 g/mol. The molecule has 0 saturated carbocycles. The van der Waals surface area contributed by atoms with Crippen molar-refractivity contribution in [2.75, 3.05) is 0 Å². The highest BCUT2D eigenvalue weighted by Crippen LogP contribution is 2.20. The van der Waals surface area contributed by atoms with Gasteiger partial charge in [0.15, 0.2) is 5.69 Å². The number of phenols is 1. The topological polar surface area (TPSA) is 24.6 Å². The zero-order chi connectivity index (χ0) is 7.56. The Kier molecular flexibility index (Phi) is 1.55. The third-order valence-corrected chi connectivity index (χ3v) is 0.996. The number of benzene rings is 1. The van der Waals surface area contributed by atoms with Crippen LogP contribution in [0.5, 0.6) is 5.75 Å². The summed E-state index contributed by atoms with van der Waals surface area (Å²) < 4.78 is 12.3. The van der Waals surface area contributed by atoms with Crippen molar-refractivity contribution in [3.05, 3.63) is 35.4 Å². The first-order valence-electron chi connectivity index (χ1n) is 2.59. The quantitative estimate of drug-likeness (QED) is 0.544. The molecule has 0 spiro atoms. The van der Waals surface area contributed by atoms with Crippen molar-refractivity contribution in [3.63, 3.8) is 0 Å². The van der Waals surface area contributed by atoms with E-state index in [1.807, 2.05) is 0 Å². The van der Waals surface area contributed by atoms with Gasteiger partial charge in [-0.05, 0) is 12.1 Å². The van der Waals surface area contributed by atoms with Crippen molar-refractivity contribution in [1.29, 1.82) is 0 Å². The number of hydrogen-bond donors (Lipinski definition) is 1. The lowest BCUT2D eigenvalue weighted by molar-refractivity contribution is 0.469. The predicted octanol–water partition coefficient (Wildman–Crippen LogP) is 2.08. The maximum absolute atomic E-state index is 12.3. The molecule has 0 aliphatic carbocycles. The number of rotatable bonds is 0. The standard InChI is InChI=1S/C7H4FNO/c1-9-6-2-5(8)3-7(10)4-6/h2-4,10H.